The molecule has 2 rings (SSSR count). The predicted molar refractivity (Wildman–Crippen MR) is 65.4 cm³/mol. The van der Waals surface area contributed by atoms with Gasteiger partial charge >= 0.3 is 0 Å². The van der Waals surface area contributed by atoms with E-state index in [1.54, 1.807) is 4.90 Å². The summed E-state index contributed by atoms with van der Waals surface area (Å²) in [6.07, 6.45) is 0.509. The zero-order chi connectivity index (χ0) is 13.3. The number of imide groups is 1. The molecule has 0 aromatic heterocycles. The second-order valence-electron chi connectivity index (χ2n) is 4.17. The summed E-state index contributed by atoms with van der Waals surface area (Å²) >= 11 is 0. The lowest BCUT2D eigenvalue weighted by molar-refractivity contribution is -0.132. The van der Waals surface area contributed by atoms with E-state index >= 15 is 0 Å². The smallest absolute Gasteiger partial charge is 0.249 e. The number of nitrogen functional groups attached to an aromatic ring is 1. The summed E-state index contributed by atoms with van der Waals surface area (Å²) in [5, 5.41) is 2.26. The summed E-state index contributed by atoms with van der Waals surface area (Å²) in [6.45, 7) is 1.82. The van der Waals surface area contributed by atoms with Crippen molar-refractivity contribution >= 4 is 23.2 Å². The maximum absolute atomic E-state index is 13.3. The summed E-state index contributed by atoms with van der Waals surface area (Å²) in [5.41, 5.74) is 6.50. The number of nitrogens with one attached hydrogen (secondary N) is 1. The highest BCUT2D eigenvalue weighted by molar-refractivity contribution is 6.05. The normalized spacial score (nSPS) is 19.9. The molecule has 1 fully saturated rings. The molecule has 1 saturated heterocycles. The van der Waals surface area contributed by atoms with Crippen LogP contribution in [0.5, 0.6) is 0 Å². The number of nitrogens with two attached hydrogens (primary N) is 1. The Kier molecular flexibility index (Phi) is 3.18. The van der Waals surface area contributed by atoms with Gasteiger partial charge in [0, 0.05) is 0 Å². The van der Waals surface area contributed by atoms with Crippen LogP contribution in [0.3, 0.4) is 0 Å². The molecule has 1 atom stereocenters. The van der Waals surface area contributed by atoms with Crippen molar-refractivity contribution in [2.24, 2.45) is 0 Å². The van der Waals surface area contributed by atoms with Crippen molar-refractivity contribution in [1.29, 1.82) is 0 Å². The molecule has 0 saturated carbocycles. The second-order valence-corrected chi connectivity index (χ2v) is 4.17. The van der Waals surface area contributed by atoms with Gasteiger partial charge in [0.15, 0.2) is 0 Å². The molecule has 0 spiro atoms. The fourth-order valence-electron chi connectivity index (χ4n) is 2.09. The summed E-state index contributed by atoms with van der Waals surface area (Å²) in [6, 6.07) is 3.40. The van der Waals surface area contributed by atoms with E-state index in [0.29, 0.717) is 17.8 Å². The first-order valence-electron chi connectivity index (χ1n) is 5.68. The fourth-order valence-corrected chi connectivity index (χ4v) is 2.09. The van der Waals surface area contributed by atoms with Crippen LogP contribution in [0.2, 0.25) is 0 Å². The summed E-state index contributed by atoms with van der Waals surface area (Å²) in [5.74, 6) is -1.24. The third-order valence-corrected chi connectivity index (χ3v) is 2.94. The molecular weight excluding hydrogens is 237 g/mol. The van der Waals surface area contributed by atoms with Gasteiger partial charge < -0.3 is 10.6 Å². The molecule has 1 aromatic carbocycles. The molecule has 1 unspecified atom stereocenters. The monoisotopic (exact) mass is 251 g/mol. The Morgan fingerprint density at radius 2 is 2.22 bits per heavy atom. The molecular formula is C12H14FN3O2. The van der Waals surface area contributed by atoms with E-state index in [1.807, 2.05) is 6.92 Å². The average Bonchev–Trinajstić information content (AvgIpc) is 2.31. The van der Waals surface area contributed by atoms with Crippen LogP contribution >= 0.6 is 0 Å². The number of benzene rings is 1. The number of hydrogen-bond donors (Lipinski definition) is 2. The number of halogens is 1. The average molecular weight is 251 g/mol. The first-order valence-corrected chi connectivity index (χ1v) is 5.68. The summed E-state index contributed by atoms with van der Waals surface area (Å²) in [4.78, 5) is 24.7. The number of anilines is 2. The minimum absolute atomic E-state index is 0.00208. The van der Waals surface area contributed by atoms with Crippen LogP contribution in [0.1, 0.15) is 13.3 Å². The van der Waals surface area contributed by atoms with E-state index in [9.17, 15) is 14.0 Å². The van der Waals surface area contributed by atoms with Crippen molar-refractivity contribution in [3.63, 3.8) is 0 Å². The van der Waals surface area contributed by atoms with Crippen LogP contribution in [-0.4, -0.2) is 24.4 Å². The van der Waals surface area contributed by atoms with Crippen molar-refractivity contribution in [2.75, 3.05) is 17.2 Å². The molecule has 0 bridgehead atoms. The predicted octanol–water partition coefficient (Wildman–Crippen LogP) is 0.649. The lowest BCUT2D eigenvalue weighted by Gasteiger charge is -2.35. The van der Waals surface area contributed by atoms with Gasteiger partial charge in [-0.2, -0.15) is 0 Å². The molecule has 0 radical (unpaired) electrons. The number of carbonyl (C=O) groups excluding carboxylic acids is 2. The topological polar surface area (TPSA) is 75.4 Å². The Labute approximate surface area is 104 Å². The van der Waals surface area contributed by atoms with Crippen LogP contribution < -0.4 is 16.0 Å². The highest BCUT2D eigenvalue weighted by Gasteiger charge is 2.33. The first-order chi connectivity index (χ1) is 8.52. The van der Waals surface area contributed by atoms with Gasteiger partial charge in [-0.25, -0.2) is 4.39 Å². The standard InChI is InChI=1S/C12H14FN3O2/c1-2-9-12(18)15-11(17)6-16(9)10-5-7(13)3-4-8(10)14/h3-5,9H,2,6,14H2,1H3,(H,15,17,18). The molecule has 18 heavy (non-hydrogen) atoms. The largest absolute Gasteiger partial charge is 0.397 e. The van der Waals surface area contributed by atoms with Crippen LogP contribution in [0, 0.1) is 5.82 Å². The summed E-state index contributed by atoms with van der Waals surface area (Å²) < 4.78 is 13.3. The van der Waals surface area contributed by atoms with Crippen LogP contribution in [0.15, 0.2) is 18.2 Å². The van der Waals surface area contributed by atoms with Gasteiger partial charge in [0.05, 0.1) is 17.9 Å². The van der Waals surface area contributed by atoms with Gasteiger partial charge in [0.2, 0.25) is 11.8 Å². The van der Waals surface area contributed by atoms with Gasteiger partial charge in [-0.15, -0.1) is 0 Å². The fraction of sp³-hybridized carbons (Fsp3) is 0.333. The van der Waals surface area contributed by atoms with E-state index in [-0.39, 0.29) is 12.5 Å². The molecule has 1 aliphatic rings. The summed E-state index contributed by atoms with van der Waals surface area (Å²) in [7, 11) is 0. The van der Waals surface area contributed by atoms with E-state index in [0.717, 1.165) is 0 Å². The molecule has 96 valence electrons. The van der Waals surface area contributed by atoms with Crippen molar-refractivity contribution in [3.05, 3.63) is 24.0 Å². The van der Waals surface area contributed by atoms with Gasteiger partial charge in [-0.1, -0.05) is 6.92 Å². The zero-order valence-electron chi connectivity index (χ0n) is 9.94. The number of nitrogens with zero attached hydrogens (tertiary/aromatic N) is 1. The molecule has 6 heteroatoms. The van der Waals surface area contributed by atoms with E-state index in [1.165, 1.54) is 18.2 Å². The van der Waals surface area contributed by atoms with Gasteiger partial charge in [-0.3, -0.25) is 14.9 Å². The Morgan fingerprint density at radius 3 is 2.89 bits per heavy atom. The van der Waals surface area contributed by atoms with Crippen LogP contribution in [0.4, 0.5) is 15.8 Å². The van der Waals surface area contributed by atoms with E-state index in [2.05, 4.69) is 5.32 Å². The lowest BCUT2D eigenvalue weighted by Crippen LogP contribution is -2.58. The van der Waals surface area contributed by atoms with Gasteiger partial charge in [0.1, 0.15) is 11.9 Å². The van der Waals surface area contributed by atoms with E-state index < -0.39 is 17.8 Å². The third kappa shape index (κ3) is 2.13. The van der Waals surface area contributed by atoms with Crippen molar-refractivity contribution in [2.45, 2.75) is 19.4 Å². The molecule has 2 amide bonds. The molecule has 3 N–H and O–H groups in total. The molecule has 1 aromatic rings. The van der Waals surface area contributed by atoms with Crippen molar-refractivity contribution in [1.82, 2.24) is 5.32 Å². The third-order valence-electron chi connectivity index (χ3n) is 2.94. The Morgan fingerprint density at radius 1 is 1.50 bits per heavy atom. The minimum atomic E-state index is -0.508. The van der Waals surface area contributed by atoms with Gasteiger partial charge in [0.25, 0.3) is 0 Å². The van der Waals surface area contributed by atoms with Crippen molar-refractivity contribution in [3.8, 4) is 0 Å². The number of amides is 2. The van der Waals surface area contributed by atoms with Crippen molar-refractivity contribution < 1.29 is 14.0 Å². The number of piperazine rings is 1. The number of hydrogen-bond acceptors (Lipinski definition) is 4. The highest BCUT2D eigenvalue weighted by Crippen LogP contribution is 2.27. The zero-order valence-corrected chi connectivity index (χ0v) is 9.94. The van der Waals surface area contributed by atoms with Crippen LogP contribution in [-0.2, 0) is 9.59 Å². The minimum Gasteiger partial charge on any atom is -0.397 e. The maximum Gasteiger partial charge on any atom is 0.249 e. The Hall–Kier alpha value is -2.11. The maximum atomic E-state index is 13.3. The molecule has 1 heterocycles. The highest BCUT2D eigenvalue weighted by atomic mass is 19.1. The number of carbonyl (C=O) groups is 2. The second kappa shape index (κ2) is 4.64. The lowest BCUT2D eigenvalue weighted by atomic mass is 10.1. The Bertz CT molecular complexity index is 504. The van der Waals surface area contributed by atoms with Gasteiger partial charge in [-0.05, 0) is 24.6 Å². The number of rotatable bonds is 2. The molecule has 0 aliphatic carbocycles. The molecule has 1 aliphatic heterocycles. The first kappa shape index (κ1) is 12.3. The SMILES string of the molecule is CCC1C(=O)NC(=O)CN1c1cc(F)ccc1N. The van der Waals surface area contributed by atoms with E-state index in [4.69, 9.17) is 5.73 Å². The Balaban J connectivity index is 2.42. The van der Waals surface area contributed by atoms with Crippen LogP contribution in [0.25, 0.3) is 0 Å². The quantitative estimate of drug-likeness (QED) is 0.597. The molecule has 5 nitrogen and oxygen atoms in total.